The second-order valence-electron chi connectivity index (χ2n) is 6.50. The lowest BCUT2D eigenvalue weighted by Crippen LogP contribution is -2.41. The molecule has 0 heterocycles. The van der Waals surface area contributed by atoms with Crippen LogP contribution < -0.4 is 15.4 Å². The number of likely N-dealkylation sites (N-methyl/N-ethyl adjacent to an activating group) is 1. The summed E-state index contributed by atoms with van der Waals surface area (Å²) in [6.45, 7) is 0.418. The quantitative estimate of drug-likeness (QED) is 0.707. The van der Waals surface area contributed by atoms with Crippen molar-refractivity contribution in [1.29, 1.82) is 0 Å². The fourth-order valence-corrected chi connectivity index (χ4v) is 2.72. The Balaban J connectivity index is 1.80. The number of nitrogens with one attached hydrogen (secondary N) is 2. The highest BCUT2D eigenvalue weighted by molar-refractivity contribution is 5.85. The molecule has 1 atom stereocenters. The molecule has 144 valence electrons. The van der Waals surface area contributed by atoms with Gasteiger partial charge in [0, 0.05) is 6.54 Å². The number of carbonyl (C=O) groups is 2. The summed E-state index contributed by atoms with van der Waals surface area (Å²) in [6.07, 6.45) is 0.264. The van der Waals surface area contributed by atoms with Crippen LogP contribution in [0.3, 0.4) is 0 Å². The molecular weight excluding hydrogens is 342 g/mol. The van der Waals surface area contributed by atoms with Gasteiger partial charge in [0.15, 0.2) is 0 Å². The number of benzene rings is 2. The Morgan fingerprint density at radius 1 is 0.963 bits per heavy atom. The average Bonchev–Trinajstić information content (AvgIpc) is 2.67. The van der Waals surface area contributed by atoms with Crippen molar-refractivity contribution < 1.29 is 14.3 Å². The van der Waals surface area contributed by atoms with E-state index in [1.165, 1.54) is 0 Å². The number of nitrogens with zero attached hydrogens (tertiary/aromatic N) is 1. The summed E-state index contributed by atoms with van der Waals surface area (Å²) >= 11 is 0. The molecule has 2 amide bonds. The lowest BCUT2D eigenvalue weighted by atomic mass is 10.1. The van der Waals surface area contributed by atoms with E-state index in [0.29, 0.717) is 6.54 Å². The van der Waals surface area contributed by atoms with Crippen molar-refractivity contribution in [3.63, 3.8) is 0 Å². The molecule has 0 aromatic heterocycles. The minimum Gasteiger partial charge on any atom is -0.497 e. The molecule has 6 nitrogen and oxygen atoms in total. The number of methoxy groups -OCH3 is 1. The van der Waals surface area contributed by atoms with E-state index in [9.17, 15) is 9.59 Å². The van der Waals surface area contributed by atoms with E-state index in [4.69, 9.17) is 4.74 Å². The summed E-state index contributed by atoms with van der Waals surface area (Å²) in [4.78, 5) is 26.1. The van der Waals surface area contributed by atoms with Crippen LogP contribution in [0.5, 0.6) is 5.75 Å². The van der Waals surface area contributed by atoms with Gasteiger partial charge >= 0.3 is 0 Å². The third kappa shape index (κ3) is 6.75. The first kappa shape index (κ1) is 20.5. The molecule has 0 bridgehead atoms. The second kappa shape index (κ2) is 10.3. The Morgan fingerprint density at radius 3 is 2.22 bits per heavy atom. The van der Waals surface area contributed by atoms with Gasteiger partial charge in [0.2, 0.25) is 11.8 Å². The lowest BCUT2D eigenvalue weighted by molar-refractivity contribution is -0.125. The number of ether oxygens (including phenoxy) is 1. The number of rotatable bonds is 9. The molecule has 27 heavy (non-hydrogen) atoms. The molecule has 0 aliphatic heterocycles. The smallest absolute Gasteiger partial charge is 0.239 e. The van der Waals surface area contributed by atoms with E-state index in [1.807, 2.05) is 73.6 Å². The van der Waals surface area contributed by atoms with Crippen molar-refractivity contribution >= 4 is 11.8 Å². The number of hydrogen-bond acceptors (Lipinski definition) is 4. The molecule has 0 fully saturated rings. The van der Waals surface area contributed by atoms with Crippen molar-refractivity contribution in [2.75, 3.05) is 34.3 Å². The van der Waals surface area contributed by atoms with Crippen molar-refractivity contribution in [1.82, 2.24) is 15.5 Å². The second-order valence-corrected chi connectivity index (χ2v) is 6.50. The molecule has 2 N–H and O–H groups in total. The van der Waals surface area contributed by atoms with Gasteiger partial charge in [-0.1, -0.05) is 42.5 Å². The zero-order chi connectivity index (χ0) is 19.6. The number of carbonyl (C=O) groups excluding carboxylic acids is 2. The van der Waals surface area contributed by atoms with Gasteiger partial charge < -0.3 is 20.3 Å². The first-order valence-electron chi connectivity index (χ1n) is 8.87. The van der Waals surface area contributed by atoms with Crippen LogP contribution in [0.1, 0.15) is 17.2 Å². The van der Waals surface area contributed by atoms with E-state index in [-0.39, 0.29) is 30.8 Å². The minimum absolute atomic E-state index is 0.0277. The van der Waals surface area contributed by atoms with Crippen LogP contribution in [-0.2, 0) is 16.0 Å². The topological polar surface area (TPSA) is 70.7 Å². The van der Waals surface area contributed by atoms with Crippen LogP contribution in [0, 0.1) is 0 Å². The fourth-order valence-electron chi connectivity index (χ4n) is 2.72. The first-order valence-corrected chi connectivity index (χ1v) is 8.87. The molecule has 0 saturated heterocycles. The highest BCUT2D eigenvalue weighted by Gasteiger charge is 2.15. The summed E-state index contributed by atoms with van der Waals surface area (Å²) in [6, 6.07) is 17.2. The third-order valence-electron chi connectivity index (χ3n) is 4.27. The molecule has 2 aromatic carbocycles. The predicted molar refractivity (Wildman–Crippen MR) is 106 cm³/mol. The molecule has 0 aliphatic rings. The van der Waals surface area contributed by atoms with Crippen LogP contribution in [0.15, 0.2) is 54.6 Å². The molecule has 2 rings (SSSR count). The van der Waals surface area contributed by atoms with Crippen LogP contribution in [0.2, 0.25) is 0 Å². The summed E-state index contributed by atoms with van der Waals surface area (Å²) in [5, 5.41) is 5.54. The SMILES string of the molecule is COc1ccc(C(CNC(=O)CNC(=O)Cc2ccccc2)N(C)C)cc1. The molecular formula is C21H27N3O3. The molecule has 0 saturated carbocycles. The van der Waals surface area contributed by atoms with E-state index in [0.717, 1.165) is 16.9 Å². The van der Waals surface area contributed by atoms with Gasteiger partial charge in [0.1, 0.15) is 5.75 Å². The van der Waals surface area contributed by atoms with Crippen LogP contribution in [0.4, 0.5) is 0 Å². The number of hydrogen-bond donors (Lipinski definition) is 2. The van der Waals surface area contributed by atoms with Crippen LogP contribution >= 0.6 is 0 Å². The van der Waals surface area contributed by atoms with Gasteiger partial charge in [-0.3, -0.25) is 9.59 Å². The summed E-state index contributed by atoms with van der Waals surface area (Å²) in [5.41, 5.74) is 2.00. The maximum absolute atomic E-state index is 12.1. The third-order valence-corrected chi connectivity index (χ3v) is 4.27. The van der Waals surface area contributed by atoms with Crippen molar-refractivity contribution in [3.8, 4) is 5.75 Å². The van der Waals surface area contributed by atoms with Gasteiger partial charge in [-0.05, 0) is 37.4 Å². The minimum atomic E-state index is -0.211. The lowest BCUT2D eigenvalue weighted by Gasteiger charge is -2.25. The summed E-state index contributed by atoms with van der Waals surface area (Å²) in [5.74, 6) is 0.411. The van der Waals surface area contributed by atoms with Gasteiger partial charge in [0.05, 0.1) is 26.1 Å². The van der Waals surface area contributed by atoms with Gasteiger partial charge in [0.25, 0.3) is 0 Å². The van der Waals surface area contributed by atoms with Gasteiger partial charge in [-0.25, -0.2) is 0 Å². The van der Waals surface area contributed by atoms with E-state index < -0.39 is 0 Å². The van der Waals surface area contributed by atoms with E-state index >= 15 is 0 Å². The van der Waals surface area contributed by atoms with E-state index in [2.05, 4.69) is 10.6 Å². The Kier molecular flexibility index (Phi) is 7.82. The fraction of sp³-hybridized carbons (Fsp3) is 0.333. The molecule has 6 heteroatoms. The Labute approximate surface area is 160 Å². The van der Waals surface area contributed by atoms with Crippen molar-refractivity contribution in [2.45, 2.75) is 12.5 Å². The van der Waals surface area contributed by atoms with Crippen LogP contribution in [0.25, 0.3) is 0 Å². The maximum atomic E-state index is 12.1. The zero-order valence-corrected chi connectivity index (χ0v) is 16.1. The summed E-state index contributed by atoms with van der Waals surface area (Å²) in [7, 11) is 5.55. The first-order chi connectivity index (χ1) is 13.0. The maximum Gasteiger partial charge on any atom is 0.239 e. The Hall–Kier alpha value is -2.86. The number of amides is 2. The Bertz CT molecular complexity index is 730. The molecule has 0 aliphatic carbocycles. The van der Waals surface area contributed by atoms with Crippen molar-refractivity contribution in [2.24, 2.45) is 0 Å². The monoisotopic (exact) mass is 369 g/mol. The average molecular weight is 369 g/mol. The normalized spacial score (nSPS) is 11.7. The Morgan fingerprint density at radius 2 is 1.63 bits per heavy atom. The van der Waals surface area contributed by atoms with E-state index in [1.54, 1.807) is 7.11 Å². The van der Waals surface area contributed by atoms with Gasteiger partial charge in [-0.2, -0.15) is 0 Å². The standard InChI is InChI=1S/C21H27N3O3/c1-24(2)19(17-9-11-18(27-3)12-10-17)14-22-21(26)15-23-20(25)13-16-7-5-4-6-8-16/h4-12,19H,13-15H2,1-3H3,(H,22,26)(H,23,25). The largest absolute Gasteiger partial charge is 0.497 e. The van der Waals surface area contributed by atoms with Crippen molar-refractivity contribution in [3.05, 3.63) is 65.7 Å². The zero-order valence-electron chi connectivity index (χ0n) is 16.1. The van der Waals surface area contributed by atoms with Gasteiger partial charge in [-0.15, -0.1) is 0 Å². The predicted octanol–water partition coefficient (Wildman–Crippen LogP) is 1.77. The highest BCUT2D eigenvalue weighted by atomic mass is 16.5. The van der Waals surface area contributed by atoms with Crippen LogP contribution in [-0.4, -0.2) is 51.0 Å². The molecule has 2 aromatic rings. The molecule has 0 radical (unpaired) electrons. The summed E-state index contributed by atoms with van der Waals surface area (Å²) < 4.78 is 5.18. The highest BCUT2D eigenvalue weighted by Crippen LogP contribution is 2.20. The molecule has 0 spiro atoms. The molecule has 1 unspecified atom stereocenters.